The number of furan rings is 2. The predicted octanol–water partition coefficient (Wildman–Crippen LogP) is 8.27. The summed E-state index contributed by atoms with van der Waals surface area (Å²) >= 11 is 0. The first-order valence-electron chi connectivity index (χ1n) is 11.8. The van der Waals surface area contributed by atoms with Gasteiger partial charge in [-0.3, -0.25) is 9.97 Å². The lowest BCUT2D eigenvalue weighted by atomic mass is 9.80. The lowest BCUT2D eigenvalue weighted by Crippen LogP contribution is -2.20. The summed E-state index contributed by atoms with van der Waals surface area (Å²) in [6, 6.07) is 28.9. The average molecular weight is 455 g/mol. The fourth-order valence-electron chi connectivity index (χ4n) is 5.14. The van der Waals surface area contributed by atoms with Gasteiger partial charge in [0.05, 0.1) is 17.6 Å². The third-order valence-electron chi connectivity index (χ3n) is 7.04. The van der Waals surface area contributed by atoms with Gasteiger partial charge in [0, 0.05) is 38.7 Å². The molecular weight excluding hydrogens is 432 g/mol. The number of aromatic nitrogens is 2. The first-order chi connectivity index (χ1) is 17.1. The lowest BCUT2D eigenvalue weighted by molar-refractivity contribution is 0.589. The molecule has 0 aliphatic rings. The Morgan fingerprint density at radius 1 is 0.629 bits per heavy atom. The Balaban J connectivity index is 1.47. The van der Waals surface area contributed by atoms with Crippen molar-refractivity contribution < 1.29 is 8.83 Å². The number of pyridine rings is 2. The molecule has 4 heteroatoms. The average Bonchev–Trinajstić information content (AvgIpc) is 3.47. The number of hydrogen-bond donors (Lipinski definition) is 0. The van der Waals surface area contributed by atoms with E-state index in [1.165, 1.54) is 5.56 Å². The SMILES string of the molecule is CC(C)(c1ccccc1)c1nccc2c1oc1c(-c3cc4c(cn3)oc3ccccc34)cccc12. The highest BCUT2D eigenvalue weighted by Gasteiger charge is 2.29. The maximum atomic E-state index is 6.63. The number of nitrogens with zero attached hydrogens (tertiary/aromatic N) is 2. The lowest BCUT2D eigenvalue weighted by Gasteiger charge is -2.24. The van der Waals surface area contributed by atoms with Gasteiger partial charge in [-0.25, -0.2) is 0 Å². The molecule has 0 saturated heterocycles. The minimum absolute atomic E-state index is 0.318. The van der Waals surface area contributed by atoms with Gasteiger partial charge in [0.1, 0.15) is 11.2 Å². The van der Waals surface area contributed by atoms with Crippen molar-refractivity contribution in [1.29, 1.82) is 0 Å². The van der Waals surface area contributed by atoms with Crippen LogP contribution in [0.3, 0.4) is 0 Å². The molecule has 0 aliphatic carbocycles. The van der Waals surface area contributed by atoms with E-state index < -0.39 is 0 Å². The van der Waals surface area contributed by atoms with Crippen molar-refractivity contribution in [2.45, 2.75) is 19.3 Å². The van der Waals surface area contributed by atoms with Crippen molar-refractivity contribution in [2.75, 3.05) is 0 Å². The van der Waals surface area contributed by atoms with E-state index in [2.05, 4.69) is 68.4 Å². The van der Waals surface area contributed by atoms with Crippen LogP contribution in [-0.4, -0.2) is 9.97 Å². The molecule has 7 aromatic rings. The standard InChI is InChI=1S/C31H22N2O2/c1-31(2,19-9-4-3-5-10-19)30-29-22(15-16-32-30)21-12-8-13-23(28(21)35-29)25-17-24-20-11-6-7-14-26(20)34-27(24)18-33-25/h3-18H,1-2H3. The summed E-state index contributed by atoms with van der Waals surface area (Å²) in [5.74, 6) is 0. The summed E-state index contributed by atoms with van der Waals surface area (Å²) < 4.78 is 12.6. The molecule has 4 aromatic heterocycles. The summed E-state index contributed by atoms with van der Waals surface area (Å²) in [6.07, 6.45) is 3.68. The van der Waals surface area contributed by atoms with E-state index in [9.17, 15) is 0 Å². The van der Waals surface area contributed by atoms with Crippen LogP contribution in [0, 0.1) is 0 Å². The second-order valence-electron chi connectivity index (χ2n) is 9.48. The van der Waals surface area contributed by atoms with E-state index in [1.54, 1.807) is 6.20 Å². The molecule has 0 radical (unpaired) electrons. The highest BCUT2D eigenvalue weighted by Crippen LogP contribution is 2.41. The molecule has 35 heavy (non-hydrogen) atoms. The smallest absolute Gasteiger partial charge is 0.157 e. The van der Waals surface area contributed by atoms with Crippen LogP contribution in [0.5, 0.6) is 0 Å². The number of benzene rings is 3. The van der Waals surface area contributed by atoms with E-state index in [1.807, 2.05) is 36.5 Å². The molecule has 7 rings (SSSR count). The summed E-state index contributed by atoms with van der Waals surface area (Å²) in [7, 11) is 0. The van der Waals surface area contributed by atoms with Gasteiger partial charge in [-0.15, -0.1) is 0 Å². The van der Waals surface area contributed by atoms with Crippen LogP contribution in [0.2, 0.25) is 0 Å². The number of rotatable bonds is 3. The zero-order chi connectivity index (χ0) is 23.6. The van der Waals surface area contributed by atoms with Crippen LogP contribution in [0.4, 0.5) is 0 Å². The molecule has 0 atom stereocenters. The van der Waals surface area contributed by atoms with Crippen LogP contribution in [0.1, 0.15) is 25.1 Å². The second kappa shape index (κ2) is 7.28. The quantitative estimate of drug-likeness (QED) is 0.270. The van der Waals surface area contributed by atoms with E-state index in [0.717, 1.165) is 60.8 Å². The summed E-state index contributed by atoms with van der Waals surface area (Å²) in [5, 5.41) is 4.25. The van der Waals surface area contributed by atoms with E-state index in [0.29, 0.717) is 0 Å². The monoisotopic (exact) mass is 454 g/mol. The van der Waals surface area contributed by atoms with Crippen LogP contribution < -0.4 is 0 Å². The Morgan fingerprint density at radius 2 is 1.40 bits per heavy atom. The fourth-order valence-corrected chi connectivity index (χ4v) is 5.14. The fraction of sp³-hybridized carbons (Fsp3) is 0.0968. The van der Waals surface area contributed by atoms with Gasteiger partial charge < -0.3 is 8.83 Å². The third kappa shape index (κ3) is 2.93. The van der Waals surface area contributed by atoms with Crippen molar-refractivity contribution in [3.63, 3.8) is 0 Å². The van der Waals surface area contributed by atoms with Crippen molar-refractivity contribution in [3.8, 4) is 11.3 Å². The largest absolute Gasteiger partial charge is 0.454 e. The molecule has 0 fully saturated rings. The minimum atomic E-state index is -0.318. The molecule has 4 heterocycles. The molecule has 0 spiro atoms. The molecule has 0 aliphatic heterocycles. The van der Waals surface area contributed by atoms with Crippen LogP contribution in [0.15, 0.2) is 106 Å². The molecule has 0 N–H and O–H groups in total. The Morgan fingerprint density at radius 3 is 2.29 bits per heavy atom. The van der Waals surface area contributed by atoms with Gasteiger partial charge in [-0.2, -0.15) is 0 Å². The number of para-hydroxylation sites is 2. The second-order valence-corrected chi connectivity index (χ2v) is 9.48. The zero-order valence-electron chi connectivity index (χ0n) is 19.4. The molecule has 3 aromatic carbocycles. The van der Waals surface area contributed by atoms with Gasteiger partial charge in [0.2, 0.25) is 0 Å². The maximum absolute atomic E-state index is 6.63. The normalized spacial score (nSPS) is 12.3. The highest BCUT2D eigenvalue weighted by atomic mass is 16.3. The van der Waals surface area contributed by atoms with Crippen molar-refractivity contribution in [1.82, 2.24) is 9.97 Å². The first-order valence-corrected chi connectivity index (χ1v) is 11.8. The molecule has 168 valence electrons. The van der Waals surface area contributed by atoms with Gasteiger partial charge in [-0.05, 0) is 29.8 Å². The van der Waals surface area contributed by atoms with Gasteiger partial charge in [-0.1, -0.05) is 74.5 Å². The van der Waals surface area contributed by atoms with Crippen LogP contribution in [0.25, 0.3) is 55.1 Å². The Kier molecular flexibility index (Phi) is 4.15. The summed E-state index contributed by atoms with van der Waals surface area (Å²) in [4.78, 5) is 9.54. The Bertz CT molecular complexity index is 1880. The van der Waals surface area contributed by atoms with Crippen LogP contribution >= 0.6 is 0 Å². The Labute approximate surface area is 201 Å². The van der Waals surface area contributed by atoms with Crippen LogP contribution in [-0.2, 0) is 5.41 Å². The zero-order valence-corrected chi connectivity index (χ0v) is 19.4. The van der Waals surface area contributed by atoms with Gasteiger partial charge in [0.15, 0.2) is 11.2 Å². The van der Waals surface area contributed by atoms with Crippen molar-refractivity contribution in [3.05, 3.63) is 109 Å². The first kappa shape index (κ1) is 20.0. The highest BCUT2D eigenvalue weighted by molar-refractivity contribution is 6.11. The van der Waals surface area contributed by atoms with Gasteiger partial charge in [0.25, 0.3) is 0 Å². The van der Waals surface area contributed by atoms with Crippen molar-refractivity contribution >= 4 is 43.9 Å². The molecule has 0 unspecified atom stereocenters. The van der Waals surface area contributed by atoms with E-state index in [-0.39, 0.29) is 5.41 Å². The molecular formula is C31H22N2O2. The van der Waals surface area contributed by atoms with Gasteiger partial charge >= 0.3 is 0 Å². The number of hydrogen-bond acceptors (Lipinski definition) is 4. The Hall–Kier alpha value is -4.44. The topological polar surface area (TPSA) is 52.1 Å². The molecule has 0 saturated carbocycles. The van der Waals surface area contributed by atoms with Crippen molar-refractivity contribution in [2.24, 2.45) is 0 Å². The number of fused-ring (bicyclic) bond motifs is 6. The van der Waals surface area contributed by atoms with E-state index >= 15 is 0 Å². The van der Waals surface area contributed by atoms with E-state index in [4.69, 9.17) is 18.8 Å². The third-order valence-corrected chi connectivity index (χ3v) is 7.04. The summed E-state index contributed by atoms with van der Waals surface area (Å²) in [6.45, 7) is 4.38. The molecule has 0 bridgehead atoms. The maximum Gasteiger partial charge on any atom is 0.157 e. The predicted molar refractivity (Wildman–Crippen MR) is 141 cm³/mol. The molecule has 4 nitrogen and oxygen atoms in total. The minimum Gasteiger partial charge on any atom is -0.454 e. The summed E-state index contributed by atoms with van der Waals surface area (Å²) in [5.41, 5.74) is 6.89. The molecule has 0 amide bonds.